The Bertz CT molecular complexity index is 2500. The van der Waals surface area contributed by atoms with Crippen LogP contribution in [0.15, 0.2) is 0 Å². The fraction of sp³-hybridized carbons (Fsp3) is 0.911. The average molecular weight is 1320 g/mol. The highest BCUT2D eigenvalue weighted by Gasteiger charge is 2.62. The van der Waals surface area contributed by atoms with Crippen LogP contribution in [-0.4, -0.2) is 94.7 Å². The summed E-state index contributed by atoms with van der Waals surface area (Å²) in [6.45, 7) is 40.6. The molecule has 94 heavy (non-hydrogen) atoms. The Balaban J connectivity index is 0.000000189. The molecular formula is C79H134O15. The van der Waals surface area contributed by atoms with E-state index < -0.39 is 34.5 Å². The molecule has 11 aliphatic carbocycles. The highest BCUT2D eigenvalue weighted by Crippen LogP contribution is 2.63. The summed E-state index contributed by atoms with van der Waals surface area (Å²) in [7, 11) is 0. The van der Waals surface area contributed by atoms with Crippen molar-refractivity contribution in [2.75, 3.05) is 13.2 Å². The fourth-order valence-electron chi connectivity index (χ4n) is 17.7. The maximum atomic E-state index is 12.8. The minimum Gasteiger partial charge on any atom is -0.465 e. The first-order chi connectivity index (χ1) is 43.7. The van der Waals surface area contributed by atoms with Crippen LogP contribution in [0.1, 0.15) is 318 Å². The van der Waals surface area contributed by atoms with Gasteiger partial charge in [0.25, 0.3) is 0 Å². The minimum absolute atomic E-state index is 0.0226. The van der Waals surface area contributed by atoms with E-state index in [0.717, 1.165) is 115 Å². The van der Waals surface area contributed by atoms with Crippen molar-refractivity contribution < 1.29 is 71.8 Å². The summed E-state index contributed by atoms with van der Waals surface area (Å²) in [4.78, 5) is 84.9. The zero-order chi connectivity index (χ0) is 70.2. The standard InChI is InChI=1S/C19H32O2.C18H26O6.C16H26O3.C14H26O2.C12H24O2/c1-6-18(4,5)17(20)21-19(12(2)3)15-8-13-7-14(10-15)11-16(19)9-13;1-4-18(2,3)17(21)22-9-14(19)24-15-11-5-10-6-12(8-11)16(20)23-13(15)7-10;1-4-14(2,3)13(17)19-16-8-11-5-12(9-16)7-15(18,6-11)10-16;1-6-13(4,5)12(15)16-14(11(2)3)9-7-8-10-14;1-5-7-8-9-10-14-11(13)12(3,4)6-2/h12-16H,6-11H2,1-5H3;10-13,15H,4-9H2,1-3H3;11-12,18H,4-10H2,1-3H3;11H,6-10H2,1-5H3;5-10H2,1-4H3. The van der Waals surface area contributed by atoms with Gasteiger partial charge in [0.05, 0.1) is 45.2 Å². The summed E-state index contributed by atoms with van der Waals surface area (Å²) in [6.07, 6.45) is 27.9. The van der Waals surface area contributed by atoms with E-state index in [1.54, 1.807) is 13.8 Å². The third kappa shape index (κ3) is 19.2. The third-order valence-electron chi connectivity index (χ3n) is 25.5. The molecule has 2 heterocycles. The molecule has 15 nitrogen and oxygen atoms in total. The predicted molar refractivity (Wildman–Crippen MR) is 366 cm³/mol. The molecule has 0 amide bonds. The second kappa shape index (κ2) is 32.1. The van der Waals surface area contributed by atoms with E-state index in [0.29, 0.717) is 60.9 Å². The van der Waals surface area contributed by atoms with E-state index in [9.17, 15) is 38.7 Å². The Labute approximate surface area is 569 Å². The molecule has 11 saturated carbocycles. The number of unbranched alkanes of at least 4 members (excludes halogenated alkanes) is 3. The summed E-state index contributed by atoms with van der Waals surface area (Å²) in [5.41, 5.74) is -3.29. The van der Waals surface area contributed by atoms with Crippen LogP contribution in [0, 0.1) is 92.2 Å². The normalized spacial score (nSPS) is 32.2. The molecule has 0 aromatic rings. The Kier molecular flexibility index (Phi) is 27.0. The third-order valence-corrected chi connectivity index (χ3v) is 25.5. The van der Waals surface area contributed by atoms with Crippen LogP contribution >= 0.6 is 0 Å². The first-order valence-corrected chi connectivity index (χ1v) is 37.9. The van der Waals surface area contributed by atoms with Crippen molar-refractivity contribution in [3.05, 3.63) is 0 Å². The van der Waals surface area contributed by atoms with Gasteiger partial charge in [-0.3, -0.25) is 28.8 Å². The zero-order valence-corrected chi connectivity index (χ0v) is 62.9. The smallest absolute Gasteiger partial charge is 0.344 e. The van der Waals surface area contributed by atoms with Gasteiger partial charge in [-0.1, -0.05) is 88.5 Å². The Hall–Kier alpha value is -3.75. The topological polar surface area (TPSA) is 204 Å². The van der Waals surface area contributed by atoms with Gasteiger partial charge in [-0.05, 0) is 277 Å². The molecule has 0 aromatic carbocycles. The van der Waals surface area contributed by atoms with Crippen LogP contribution in [-0.2, 0) is 66.7 Å². The van der Waals surface area contributed by atoms with E-state index >= 15 is 0 Å². The van der Waals surface area contributed by atoms with Crippen molar-refractivity contribution in [3.63, 3.8) is 0 Å². The number of fused-ring (bicyclic) bond motifs is 1. The average Bonchev–Trinajstić information content (AvgIpc) is 0.922. The molecule has 2 saturated heterocycles. The number of hydrogen-bond acceptors (Lipinski definition) is 15. The summed E-state index contributed by atoms with van der Waals surface area (Å²) < 4.78 is 39.6. The van der Waals surface area contributed by atoms with Crippen molar-refractivity contribution in [1.29, 1.82) is 0 Å². The van der Waals surface area contributed by atoms with Crippen LogP contribution in [0.5, 0.6) is 0 Å². The fourth-order valence-corrected chi connectivity index (χ4v) is 17.7. The van der Waals surface area contributed by atoms with E-state index in [1.165, 1.54) is 64.2 Å². The van der Waals surface area contributed by atoms with Gasteiger partial charge in [0.1, 0.15) is 29.0 Å². The van der Waals surface area contributed by atoms with E-state index in [2.05, 4.69) is 41.5 Å². The number of esters is 7. The molecule has 7 atom stereocenters. The summed E-state index contributed by atoms with van der Waals surface area (Å²) in [6, 6.07) is 0. The van der Waals surface area contributed by atoms with Crippen molar-refractivity contribution >= 4 is 41.8 Å². The molecule has 13 aliphatic rings. The predicted octanol–water partition coefficient (Wildman–Crippen LogP) is 17.6. The largest absolute Gasteiger partial charge is 0.465 e. The molecule has 540 valence electrons. The van der Waals surface area contributed by atoms with Crippen LogP contribution in [0.2, 0.25) is 0 Å². The molecule has 12 bridgehead atoms. The molecule has 13 fully saturated rings. The highest BCUT2D eigenvalue weighted by atomic mass is 16.6. The number of ether oxygens (including phenoxy) is 7. The summed E-state index contributed by atoms with van der Waals surface area (Å²) in [5.74, 6) is 4.39. The molecule has 0 aromatic heterocycles. The van der Waals surface area contributed by atoms with Gasteiger partial charge in [-0.15, -0.1) is 0 Å². The second-order valence-electron chi connectivity index (χ2n) is 35.4. The van der Waals surface area contributed by atoms with Crippen molar-refractivity contribution in [2.24, 2.45) is 92.2 Å². The second-order valence-corrected chi connectivity index (χ2v) is 35.4. The molecule has 13 rings (SSSR count). The minimum atomic E-state index is -0.615. The van der Waals surface area contributed by atoms with Crippen LogP contribution in [0.4, 0.5) is 0 Å². The number of hydrogen-bond donors (Lipinski definition) is 1. The van der Waals surface area contributed by atoms with Crippen LogP contribution in [0.25, 0.3) is 0 Å². The highest BCUT2D eigenvalue weighted by molar-refractivity contribution is 5.80. The van der Waals surface area contributed by atoms with Gasteiger partial charge < -0.3 is 38.3 Å². The monoisotopic (exact) mass is 1320 g/mol. The number of aliphatic hydroxyl groups is 1. The van der Waals surface area contributed by atoms with Crippen molar-refractivity contribution in [1.82, 2.24) is 0 Å². The number of carbonyl (C=O) groups excluding carboxylic acids is 7. The lowest BCUT2D eigenvalue weighted by molar-refractivity contribution is -0.231. The number of carbonyl (C=O) groups is 7. The first kappa shape index (κ1) is 79.2. The molecule has 15 heteroatoms. The quantitative estimate of drug-likeness (QED) is 0.0574. The van der Waals surface area contributed by atoms with E-state index in [1.807, 2.05) is 83.1 Å². The molecule has 0 spiro atoms. The lowest BCUT2D eigenvalue weighted by Crippen LogP contribution is -2.63. The van der Waals surface area contributed by atoms with Gasteiger partial charge in [0.2, 0.25) is 0 Å². The van der Waals surface area contributed by atoms with Crippen LogP contribution in [0.3, 0.4) is 0 Å². The molecule has 7 unspecified atom stereocenters. The lowest BCUT2D eigenvalue weighted by Gasteiger charge is -2.62. The molecular weight excluding hydrogens is 1190 g/mol. The van der Waals surface area contributed by atoms with Crippen LogP contribution < -0.4 is 0 Å². The number of rotatable bonds is 23. The van der Waals surface area contributed by atoms with Crippen molar-refractivity contribution in [3.8, 4) is 0 Å². The Morgan fingerprint density at radius 3 is 1.44 bits per heavy atom. The summed E-state index contributed by atoms with van der Waals surface area (Å²) in [5, 5.41) is 10.6. The van der Waals surface area contributed by atoms with Gasteiger partial charge >= 0.3 is 41.8 Å². The maximum absolute atomic E-state index is 12.8. The van der Waals surface area contributed by atoms with Crippen molar-refractivity contribution in [2.45, 2.75) is 353 Å². The molecule has 0 radical (unpaired) electrons. The van der Waals surface area contributed by atoms with E-state index in [-0.39, 0.29) is 87.4 Å². The summed E-state index contributed by atoms with van der Waals surface area (Å²) >= 11 is 0. The Morgan fingerprint density at radius 1 is 0.511 bits per heavy atom. The SMILES string of the molecule is CCC(C)(C)C(=O)OC1(C(C)C)C2CC3CC(C2)CC1C3.CCC(C)(C)C(=O)OC1(C(C)C)CCCC1.CCC(C)(C)C(=O)OC12CC3CC(CC(O)(C3)C1)C2.CCC(C)(C)C(=O)OCC(=O)OC1C2CC3CC(C2)C(=O)OC1C3.CCCCCCOC(=O)C(C)(C)CC. The van der Waals surface area contributed by atoms with Gasteiger partial charge in [-0.25, -0.2) is 4.79 Å². The lowest BCUT2D eigenvalue weighted by atomic mass is 9.47. The zero-order valence-electron chi connectivity index (χ0n) is 62.9. The van der Waals surface area contributed by atoms with E-state index in [4.69, 9.17) is 33.2 Å². The Morgan fingerprint density at radius 2 is 0.968 bits per heavy atom. The van der Waals surface area contributed by atoms with Gasteiger partial charge in [0, 0.05) is 12.3 Å². The first-order valence-electron chi connectivity index (χ1n) is 37.9. The molecule has 2 aliphatic heterocycles. The van der Waals surface area contributed by atoms with Gasteiger partial charge in [-0.2, -0.15) is 0 Å². The van der Waals surface area contributed by atoms with Gasteiger partial charge in [0.15, 0.2) is 6.61 Å². The maximum Gasteiger partial charge on any atom is 0.344 e. The molecule has 1 N–H and O–H groups in total.